The Labute approximate surface area is 171 Å². The van der Waals surface area contributed by atoms with Crippen LogP contribution in [0.25, 0.3) is 0 Å². The molecule has 0 spiro atoms. The van der Waals surface area contributed by atoms with E-state index >= 15 is 0 Å². The molecule has 25 heavy (non-hydrogen) atoms. The van der Waals surface area contributed by atoms with Gasteiger partial charge >= 0.3 is 0 Å². The maximum Gasteiger partial charge on any atom is 0.208 e. The standard InChI is InChI=1S/C15H27N5O2S2.HI/c1-3-16-15(17-6-7-18-24(2,21)22)20-10-8-19(9-11-20)13-14-5-4-12-23-14;/h4-5,12,18H,3,6-11,13H2,1-2H3,(H,16,17);1H. The van der Waals surface area contributed by atoms with E-state index in [9.17, 15) is 8.42 Å². The van der Waals surface area contributed by atoms with E-state index in [0.29, 0.717) is 13.1 Å². The molecule has 1 aliphatic heterocycles. The number of guanidine groups is 1. The van der Waals surface area contributed by atoms with Crippen LogP contribution in [0.5, 0.6) is 0 Å². The van der Waals surface area contributed by atoms with Crippen LogP contribution in [0.2, 0.25) is 0 Å². The quantitative estimate of drug-likeness (QED) is 0.252. The van der Waals surface area contributed by atoms with E-state index < -0.39 is 10.0 Å². The highest BCUT2D eigenvalue weighted by Gasteiger charge is 2.19. The van der Waals surface area contributed by atoms with Gasteiger partial charge in [-0.1, -0.05) is 6.07 Å². The second-order valence-electron chi connectivity index (χ2n) is 5.74. The largest absolute Gasteiger partial charge is 0.357 e. The summed E-state index contributed by atoms with van der Waals surface area (Å²) in [5.41, 5.74) is 0. The molecular formula is C15H28IN5O2S2. The highest BCUT2D eigenvalue weighted by atomic mass is 127. The number of aliphatic imine (C=N–C) groups is 1. The Morgan fingerprint density at radius 2 is 2.04 bits per heavy atom. The van der Waals surface area contributed by atoms with Crippen LogP contribution in [0.3, 0.4) is 0 Å². The van der Waals surface area contributed by atoms with Crippen LogP contribution in [-0.4, -0.2) is 76.2 Å². The predicted molar refractivity (Wildman–Crippen MR) is 115 cm³/mol. The van der Waals surface area contributed by atoms with Gasteiger partial charge in [-0.15, -0.1) is 35.3 Å². The Kier molecular flexibility index (Phi) is 10.2. The molecule has 2 rings (SSSR count). The molecular weight excluding hydrogens is 473 g/mol. The van der Waals surface area contributed by atoms with Crippen LogP contribution < -0.4 is 10.0 Å². The molecule has 1 fully saturated rings. The summed E-state index contributed by atoms with van der Waals surface area (Å²) in [6, 6.07) is 4.27. The fourth-order valence-electron chi connectivity index (χ4n) is 2.56. The van der Waals surface area contributed by atoms with Gasteiger partial charge < -0.3 is 10.2 Å². The van der Waals surface area contributed by atoms with Crippen molar-refractivity contribution < 1.29 is 8.42 Å². The molecule has 0 aromatic carbocycles. The molecule has 0 unspecified atom stereocenters. The second-order valence-corrected chi connectivity index (χ2v) is 8.61. The summed E-state index contributed by atoms with van der Waals surface area (Å²) in [6.45, 7) is 8.47. The number of nitrogens with one attached hydrogen (secondary N) is 2. The van der Waals surface area contributed by atoms with Gasteiger partial charge in [0.2, 0.25) is 10.0 Å². The number of hydrogen-bond acceptors (Lipinski definition) is 5. The highest BCUT2D eigenvalue weighted by molar-refractivity contribution is 14.0. The maximum absolute atomic E-state index is 11.1. The van der Waals surface area contributed by atoms with E-state index in [0.717, 1.165) is 51.5 Å². The second kappa shape index (κ2) is 11.3. The molecule has 2 heterocycles. The van der Waals surface area contributed by atoms with E-state index in [1.807, 2.05) is 6.92 Å². The van der Waals surface area contributed by atoms with Gasteiger partial charge in [-0.2, -0.15) is 0 Å². The third-order valence-corrected chi connectivity index (χ3v) is 5.29. The number of halogens is 1. The van der Waals surface area contributed by atoms with Crippen molar-refractivity contribution in [2.24, 2.45) is 4.99 Å². The normalized spacial score (nSPS) is 16.6. The van der Waals surface area contributed by atoms with Crippen LogP contribution in [0.4, 0.5) is 0 Å². The number of thiophene rings is 1. The first kappa shape index (κ1) is 22.6. The molecule has 2 N–H and O–H groups in total. The Balaban J connectivity index is 0.00000312. The number of hydrogen-bond donors (Lipinski definition) is 2. The molecule has 1 aromatic rings. The molecule has 0 bridgehead atoms. The number of piperazine rings is 1. The molecule has 0 amide bonds. The van der Waals surface area contributed by atoms with Crippen molar-refractivity contribution >= 4 is 51.3 Å². The molecule has 1 saturated heterocycles. The van der Waals surface area contributed by atoms with E-state index in [1.165, 1.54) is 4.88 Å². The Bertz CT molecular complexity index is 614. The van der Waals surface area contributed by atoms with Crippen LogP contribution >= 0.6 is 35.3 Å². The topological polar surface area (TPSA) is 77.0 Å². The van der Waals surface area contributed by atoms with E-state index in [-0.39, 0.29) is 24.0 Å². The van der Waals surface area contributed by atoms with Crippen LogP contribution in [-0.2, 0) is 16.6 Å². The van der Waals surface area contributed by atoms with Crippen molar-refractivity contribution in [2.45, 2.75) is 13.5 Å². The zero-order valence-corrected chi connectivity index (χ0v) is 18.7. The van der Waals surface area contributed by atoms with Gasteiger partial charge in [-0.25, -0.2) is 13.1 Å². The first-order chi connectivity index (χ1) is 11.5. The zero-order chi connectivity index (χ0) is 17.4. The lowest BCUT2D eigenvalue weighted by Gasteiger charge is -2.36. The average Bonchev–Trinajstić information content (AvgIpc) is 3.03. The lowest BCUT2D eigenvalue weighted by atomic mass is 10.3. The van der Waals surface area contributed by atoms with E-state index in [1.54, 1.807) is 11.3 Å². The molecule has 1 aromatic heterocycles. The highest BCUT2D eigenvalue weighted by Crippen LogP contribution is 2.13. The van der Waals surface area contributed by atoms with E-state index in [4.69, 9.17) is 0 Å². The Morgan fingerprint density at radius 3 is 2.60 bits per heavy atom. The Hall–Kier alpha value is -0.430. The lowest BCUT2D eigenvalue weighted by Crippen LogP contribution is -2.52. The summed E-state index contributed by atoms with van der Waals surface area (Å²) in [7, 11) is -3.15. The molecule has 10 heteroatoms. The van der Waals surface area contributed by atoms with Crippen LogP contribution in [0.1, 0.15) is 11.8 Å². The SMILES string of the molecule is CCNC(=NCCNS(C)(=O)=O)N1CCN(Cc2cccs2)CC1.I. The molecule has 7 nitrogen and oxygen atoms in total. The monoisotopic (exact) mass is 501 g/mol. The fraction of sp³-hybridized carbons (Fsp3) is 0.667. The van der Waals surface area contributed by atoms with Gasteiger partial charge in [0.25, 0.3) is 0 Å². The van der Waals surface area contributed by atoms with Crippen molar-refractivity contribution in [3.05, 3.63) is 22.4 Å². The van der Waals surface area contributed by atoms with Gasteiger partial charge in [-0.05, 0) is 18.4 Å². The first-order valence-electron chi connectivity index (χ1n) is 8.20. The number of nitrogens with zero attached hydrogens (tertiary/aromatic N) is 3. The van der Waals surface area contributed by atoms with Crippen molar-refractivity contribution in [3.63, 3.8) is 0 Å². The zero-order valence-electron chi connectivity index (χ0n) is 14.8. The van der Waals surface area contributed by atoms with Gasteiger partial charge in [0.15, 0.2) is 5.96 Å². The molecule has 1 aliphatic rings. The molecule has 0 saturated carbocycles. The molecule has 0 aliphatic carbocycles. The molecule has 0 atom stereocenters. The van der Waals surface area contributed by atoms with Crippen molar-refractivity contribution in [3.8, 4) is 0 Å². The first-order valence-corrected chi connectivity index (χ1v) is 11.0. The van der Waals surface area contributed by atoms with Gasteiger partial charge in [-0.3, -0.25) is 9.89 Å². The number of rotatable bonds is 7. The van der Waals surface area contributed by atoms with E-state index in [2.05, 4.69) is 42.3 Å². The average molecular weight is 501 g/mol. The smallest absolute Gasteiger partial charge is 0.208 e. The summed E-state index contributed by atoms with van der Waals surface area (Å²) in [5.74, 6) is 0.864. The maximum atomic E-state index is 11.1. The van der Waals surface area contributed by atoms with Crippen molar-refractivity contribution in [1.82, 2.24) is 19.8 Å². The summed E-state index contributed by atoms with van der Waals surface area (Å²) >= 11 is 1.80. The molecule has 144 valence electrons. The summed E-state index contributed by atoms with van der Waals surface area (Å²) in [4.78, 5) is 10.6. The van der Waals surface area contributed by atoms with Gasteiger partial charge in [0.05, 0.1) is 12.8 Å². The van der Waals surface area contributed by atoms with Gasteiger partial charge in [0.1, 0.15) is 0 Å². The summed E-state index contributed by atoms with van der Waals surface area (Å²) in [6.07, 6.45) is 1.16. The third-order valence-electron chi connectivity index (χ3n) is 3.70. The van der Waals surface area contributed by atoms with Crippen LogP contribution in [0.15, 0.2) is 22.5 Å². The number of sulfonamides is 1. The summed E-state index contributed by atoms with van der Waals surface area (Å²) in [5, 5.41) is 5.41. The molecule has 0 radical (unpaired) electrons. The minimum Gasteiger partial charge on any atom is -0.357 e. The lowest BCUT2D eigenvalue weighted by molar-refractivity contribution is 0.173. The summed E-state index contributed by atoms with van der Waals surface area (Å²) < 4.78 is 24.6. The fourth-order valence-corrected chi connectivity index (χ4v) is 3.77. The van der Waals surface area contributed by atoms with Crippen molar-refractivity contribution in [1.29, 1.82) is 0 Å². The van der Waals surface area contributed by atoms with Crippen molar-refractivity contribution in [2.75, 3.05) is 52.1 Å². The van der Waals surface area contributed by atoms with Crippen LogP contribution in [0, 0.1) is 0 Å². The minimum absolute atomic E-state index is 0. The third kappa shape index (κ3) is 8.67. The Morgan fingerprint density at radius 1 is 1.32 bits per heavy atom. The minimum atomic E-state index is -3.15. The predicted octanol–water partition coefficient (Wildman–Crippen LogP) is 0.998. The van der Waals surface area contributed by atoms with Gasteiger partial charge in [0, 0.05) is 50.7 Å².